The smallest absolute Gasteiger partial charge is 0.226 e. The first-order chi connectivity index (χ1) is 14.3. The third kappa shape index (κ3) is 2.69. The van der Waals surface area contributed by atoms with Gasteiger partial charge in [0.15, 0.2) is 0 Å². The molecule has 5 nitrogen and oxygen atoms in total. The van der Waals surface area contributed by atoms with Gasteiger partial charge in [-0.2, -0.15) is 0 Å². The number of nitrogens with zero attached hydrogens (tertiary/aromatic N) is 3. The molecule has 0 fully saturated rings. The Bertz CT molecular complexity index is 1230. The van der Waals surface area contributed by atoms with E-state index in [1.807, 2.05) is 12.1 Å². The van der Waals surface area contributed by atoms with Crippen LogP contribution in [0.1, 0.15) is 29.9 Å². The second-order valence-electron chi connectivity index (χ2n) is 7.57. The number of hydrogen-bond donors (Lipinski definition) is 1. The monoisotopic (exact) mass is 404 g/mol. The fourth-order valence-corrected chi connectivity index (χ4v) is 4.81. The minimum Gasteiger partial charge on any atom is -0.493 e. The molecule has 6 heteroatoms. The summed E-state index contributed by atoms with van der Waals surface area (Å²) in [5.41, 5.74) is 6.13. The minimum absolute atomic E-state index is 0. The maximum absolute atomic E-state index is 6.30. The van der Waals surface area contributed by atoms with Crippen LogP contribution in [0.5, 0.6) is 5.75 Å². The van der Waals surface area contributed by atoms with E-state index in [4.69, 9.17) is 16.3 Å². The lowest BCUT2D eigenvalue weighted by molar-refractivity contribution is 0.357. The number of halogens is 1. The third-order valence-electron chi connectivity index (χ3n) is 5.93. The molecule has 146 valence electrons. The highest BCUT2D eigenvalue weighted by atomic mass is 35.5. The summed E-state index contributed by atoms with van der Waals surface area (Å²) in [4.78, 5) is 15.1. The van der Waals surface area contributed by atoms with Gasteiger partial charge in [0.25, 0.3) is 0 Å². The van der Waals surface area contributed by atoms with Gasteiger partial charge in [0.1, 0.15) is 5.75 Å². The summed E-state index contributed by atoms with van der Waals surface area (Å²) in [5, 5.41) is 1.97. The molecule has 1 unspecified atom stereocenters. The average Bonchev–Trinajstić information content (AvgIpc) is 3.37. The molecule has 0 bridgehead atoms. The number of nitrogens with one attached hydrogen (secondary N) is 1. The zero-order chi connectivity index (χ0) is 19.4. The van der Waals surface area contributed by atoms with E-state index in [9.17, 15) is 0 Å². The van der Waals surface area contributed by atoms with E-state index >= 15 is 0 Å². The van der Waals surface area contributed by atoms with E-state index in [1.54, 1.807) is 12.4 Å². The maximum Gasteiger partial charge on any atom is 0.226 e. The Balaban J connectivity index is 0.00000193. The summed E-state index contributed by atoms with van der Waals surface area (Å²) in [7, 11) is 0. The summed E-state index contributed by atoms with van der Waals surface area (Å²) in [6.45, 7) is 1.60. The summed E-state index contributed by atoms with van der Waals surface area (Å²) in [6.07, 6.45) is 5.47. The first-order valence-corrected chi connectivity index (χ1v) is 10.2. The number of rotatable bonds is 2. The molecule has 2 aromatic heterocycles. The molecular weight excluding hydrogens is 384 g/mol. The van der Waals surface area contributed by atoms with E-state index in [2.05, 4.69) is 50.2 Å². The predicted molar refractivity (Wildman–Crippen MR) is 116 cm³/mol. The molecule has 0 radical (unpaired) electrons. The Morgan fingerprint density at radius 3 is 2.90 bits per heavy atom. The van der Waals surface area contributed by atoms with Crippen molar-refractivity contribution in [3.05, 3.63) is 82.3 Å². The van der Waals surface area contributed by atoms with E-state index < -0.39 is 0 Å². The second kappa shape index (κ2) is 6.49. The molecule has 2 aliphatic rings. The zero-order valence-electron chi connectivity index (χ0n) is 15.7. The van der Waals surface area contributed by atoms with Crippen molar-refractivity contribution in [2.24, 2.45) is 0 Å². The molecule has 0 saturated heterocycles. The molecule has 0 spiro atoms. The van der Waals surface area contributed by atoms with Crippen LogP contribution in [-0.4, -0.2) is 28.1 Å². The van der Waals surface area contributed by atoms with Gasteiger partial charge >= 0.3 is 0 Å². The first-order valence-electron chi connectivity index (χ1n) is 9.87. The van der Waals surface area contributed by atoms with Crippen molar-refractivity contribution in [3.63, 3.8) is 0 Å². The zero-order valence-corrected chi connectivity index (χ0v) is 16.5. The lowest BCUT2D eigenvalue weighted by Crippen LogP contribution is -2.37. The fourth-order valence-electron chi connectivity index (χ4n) is 4.64. The third-order valence-corrected chi connectivity index (χ3v) is 6.16. The number of H-pyrrole nitrogens is 1. The molecule has 2 aromatic carbocycles. The second-order valence-corrected chi connectivity index (χ2v) is 8.00. The van der Waals surface area contributed by atoms with Gasteiger partial charge in [-0.3, -0.25) is 0 Å². The number of aromatic nitrogens is 3. The standard InChI is InChI=1S/C23H19ClN4O.H2/c24-16-3-4-19-18(13-16)17-6-10-28(23-25-8-1-9-26-23)22(21(17)27-19)15-2-5-20-14(12-15)7-11-29-20;/h1-5,8-9,12-13,22,27H,6-7,10-11H2;1H. The van der Waals surface area contributed by atoms with E-state index in [0.717, 1.165) is 48.2 Å². The maximum atomic E-state index is 6.30. The van der Waals surface area contributed by atoms with Crippen LogP contribution in [0.2, 0.25) is 5.02 Å². The Kier molecular flexibility index (Phi) is 3.78. The van der Waals surface area contributed by atoms with Crippen molar-refractivity contribution in [1.82, 2.24) is 15.0 Å². The van der Waals surface area contributed by atoms with Crippen LogP contribution in [0, 0.1) is 0 Å². The molecule has 1 atom stereocenters. The fraction of sp³-hybridized carbons (Fsp3) is 0.217. The van der Waals surface area contributed by atoms with Gasteiger partial charge < -0.3 is 14.6 Å². The Morgan fingerprint density at radius 1 is 1.10 bits per heavy atom. The normalized spacial score (nSPS) is 17.8. The van der Waals surface area contributed by atoms with E-state index in [-0.39, 0.29) is 7.47 Å². The molecule has 4 heterocycles. The van der Waals surface area contributed by atoms with E-state index in [1.165, 1.54) is 27.8 Å². The molecular formula is C23H21ClN4O. The summed E-state index contributed by atoms with van der Waals surface area (Å²) >= 11 is 6.30. The molecule has 1 N–H and O–H groups in total. The number of anilines is 1. The Labute approximate surface area is 174 Å². The lowest BCUT2D eigenvalue weighted by Gasteiger charge is -2.36. The number of ether oxygens (including phenoxy) is 1. The van der Waals surface area contributed by atoms with Gasteiger partial charge in [-0.25, -0.2) is 9.97 Å². The topological polar surface area (TPSA) is 54.0 Å². The van der Waals surface area contributed by atoms with Crippen LogP contribution in [0.4, 0.5) is 5.95 Å². The Hall–Kier alpha value is -3.05. The SMILES string of the molecule is Clc1ccc2[nH]c3c(c2c1)CCN(c1ncccn1)C3c1ccc2c(c1)CCO2.[HH]. The first kappa shape index (κ1) is 16.9. The van der Waals surface area contributed by atoms with Crippen LogP contribution in [0.3, 0.4) is 0 Å². The number of fused-ring (bicyclic) bond motifs is 4. The molecule has 6 rings (SSSR count). The van der Waals surface area contributed by atoms with Gasteiger partial charge in [-0.15, -0.1) is 0 Å². The predicted octanol–water partition coefficient (Wildman–Crippen LogP) is 4.94. The van der Waals surface area contributed by atoms with Crippen molar-refractivity contribution in [2.75, 3.05) is 18.1 Å². The van der Waals surface area contributed by atoms with Crippen molar-refractivity contribution in [2.45, 2.75) is 18.9 Å². The van der Waals surface area contributed by atoms with Crippen LogP contribution in [-0.2, 0) is 12.8 Å². The quantitative estimate of drug-likeness (QED) is 0.514. The molecule has 2 aliphatic heterocycles. The molecule has 4 aromatic rings. The summed E-state index contributed by atoms with van der Waals surface area (Å²) < 4.78 is 5.72. The molecule has 0 saturated carbocycles. The summed E-state index contributed by atoms with van der Waals surface area (Å²) in [5.74, 6) is 1.74. The van der Waals surface area contributed by atoms with Crippen LogP contribution >= 0.6 is 11.6 Å². The average molecular weight is 405 g/mol. The van der Waals surface area contributed by atoms with E-state index in [0.29, 0.717) is 0 Å². The lowest BCUT2D eigenvalue weighted by atomic mass is 9.91. The number of hydrogen-bond acceptors (Lipinski definition) is 4. The Morgan fingerprint density at radius 2 is 2.00 bits per heavy atom. The van der Waals surface area contributed by atoms with Crippen molar-refractivity contribution in [1.29, 1.82) is 0 Å². The van der Waals surface area contributed by atoms with Gasteiger partial charge in [0.2, 0.25) is 5.95 Å². The number of benzene rings is 2. The largest absolute Gasteiger partial charge is 0.493 e. The van der Waals surface area contributed by atoms with Gasteiger partial charge in [0, 0.05) is 48.4 Å². The van der Waals surface area contributed by atoms with Gasteiger partial charge in [-0.1, -0.05) is 17.7 Å². The highest BCUT2D eigenvalue weighted by Gasteiger charge is 2.33. The molecule has 0 amide bonds. The van der Waals surface area contributed by atoms with Gasteiger partial charge in [0.05, 0.1) is 12.6 Å². The molecule has 29 heavy (non-hydrogen) atoms. The van der Waals surface area contributed by atoms with Gasteiger partial charge in [-0.05, 0) is 59.5 Å². The van der Waals surface area contributed by atoms with Crippen molar-refractivity contribution >= 4 is 28.5 Å². The number of aromatic amines is 1. The van der Waals surface area contributed by atoms with Crippen LogP contribution < -0.4 is 9.64 Å². The highest BCUT2D eigenvalue weighted by molar-refractivity contribution is 6.31. The van der Waals surface area contributed by atoms with Crippen LogP contribution in [0.25, 0.3) is 10.9 Å². The van der Waals surface area contributed by atoms with Crippen molar-refractivity contribution < 1.29 is 6.16 Å². The minimum atomic E-state index is 0. The molecule has 0 aliphatic carbocycles. The van der Waals surface area contributed by atoms with Crippen molar-refractivity contribution in [3.8, 4) is 5.75 Å². The summed E-state index contributed by atoms with van der Waals surface area (Å²) in [6, 6.07) is 14.5. The van der Waals surface area contributed by atoms with Crippen LogP contribution in [0.15, 0.2) is 54.9 Å². The highest BCUT2D eigenvalue weighted by Crippen LogP contribution is 2.41.